The van der Waals surface area contributed by atoms with Crippen molar-refractivity contribution in [3.8, 4) is 10.8 Å². The fraction of sp³-hybridized carbons (Fsp3) is 0.583. The van der Waals surface area contributed by atoms with Crippen LogP contribution in [0.15, 0.2) is 23.4 Å². The quantitative estimate of drug-likeness (QED) is 0.434. The number of sulfonamides is 1. The molecular formula is C24H27F2N7O5S2. The van der Waals surface area contributed by atoms with Crippen molar-refractivity contribution in [2.45, 2.75) is 42.7 Å². The number of imidazole rings is 1. The molecule has 3 aromatic rings. The van der Waals surface area contributed by atoms with E-state index in [-0.39, 0.29) is 40.2 Å². The van der Waals surface area contributed by atoms with Gasteiger partial charge in [-0.15, -0.1) is 10.2 Å². The number of alkyl halides is 2. The van der Waals surface area contributed by atoms with Crippen molar-refractivity contribution in [3.05, 3.63) is 23.5 Å². The van der Waals surface area contributed by atoms with Gasteiger partial charge >= 0.3 is 0 Å². The number of amides is 1. The lowest BCUT2D eigenvalue weighted by molar-refractivity contribution is -0.201. The van der Waals surface area contributed by atoms with Crippen LogP contribution < -0.4 is 9.62 Å². The summed E-state index contributed by atoms with van der Waals surface area (Å²) < 4.78 is 68.8. The standard InChI is InChI=1S/C24H27F2N7O5S2/c1-23(2-3-23)30-40(35,36)14-6-15(16-7-27-19(33(16)8-14)21-29-28-20(39-21)18(25)26)31-4-5-38-17(9-31)22(34)32-10-24(11-32)12-37-13-24/h6-8,17-18,30H,2-5,9-13H2,1H3/t17-/m0/s1. The third kappa shape index (κ3) is 4.45. The molecule has 0 radical (unpaired) electrons. The highest BCUT2D eigenvalue weighted by atomic mass is 32.2. The zero-order chi connectivity index (χ0) is 27.9. The minimum absolute atomic E-state index is 0.00925. The Kier molecular flexibility index (Phi) is 5.95. The molecule has 1 spiro atoms. The van der Waals surface area contributed by atoms with Crippen LogP contribution in [-0.4, -0.2) is 96.4 Å². The van der Waals surface area contributed by atoms with Crippen molar-refractivity contribution in [2.75, 3.05) is 50.9 Å². The number of hydrogen-bond donors (Lipinski definition) is 1. The van der Waals surface area contributed by atoms with Gasteiger partial charge in [-0.05, 0) is 25.8 Å². The summed E-state index contributed by atoms with van der Waals surface area (Å²) in [5.74, 6) is 0.0951. The number of carbonyl (C=O) groups excluding carboxylic acids is 1. The largest absolute Gasteiger partial charge is 0.380 e. The van der Waals surface area contributed by atoms with Gasteiger partial charge in [-0.3, -0.25) is 9.20 Å². The van der Waals surface area contributed by atoms with Gasteiger partial charge < -0.3 is 19.3 Å². The molecule has 4 aliphatic rings. The number of morpholine rings is 1. The molecule has 12 nitrogen and oxygen atoms in total. The van der Waals surface area contributed by atoms with Gasteiger partial charge in [0.2, 0.25) is 10.0 Å². The number of nitrogens with zero attached hydrogens (tertiary/aromatic N) is 6. The summed E-state index contributed by atoms with van der Waals surface area (Å²) in [6.07, 6.45) is 0.930. The van der Waals surface area contributed by atoms with Crippen molar-refractivity contribution in [1.82, 2.24) is 29.2 Å². The normalized spacial score (nSPS) is 23.4. The first-order chi connectivity index (χ1) is 19.0. The van der Waals surface area contributed by atoms with Crippen LogP contribution in [0.3, 0.4) is 0 Å². The Balaban J connectivity index is 1.25. The first kappa shape index (κ1) is 26.1. The van der Waals surface area contributed by atoms with E-state index in [0.29, 0.717) is 55.4 Å². The van der Waals surface area contributed by atoms with Gasteiger partial charge in [-0.2, -0.15) is 0 Å². The number of ether oxygens (including phenoxy) is 2. The topological polar surface area (TPSA) is 131 Å². The molecule has 0 bridgehead atoms. The number of aromatic nitrogens is 4. The summed E-state index contributed by atoms with van der Waals surface area (Å²) in [6.45, 7) is 5.36. The second kappa shape index (κ2) is 9.11. The monoisotopic (exact) mass is 595 g/mol. The molecule has 1 aliphatic carbocycles. The Bertz CT molecular complexity index is 1590. The average Bonchev–Trinajstić information content (AvgIpc) is 3.25. The predicted octanol–water partition coefficient (Wildman–Crippen LogP) is 1.69. The first-order valence-corrected chi connectivity index (χ1v) is 15.2. The number of hydrogen-bond acceptors (Lipinski definition) is 10. The van der Waals surface area contributed by atoms with Gasteiger partial charge in [0, 0.05) is 31.4 Å². The number of pyridine rings is 1. The summed E-state index contributed by atoms with van der Waals surface area (Å²) in [6, 6.07) is 1.57. The Labute approximate surface area is 232 Å². The smallest absolute Gasteiger partial charge is 0.291 e. The molecule has 0 unspecified atom stereocenters. The highest BCUT2D eigenvalue weighted by molar-refractivity contribution is 7.89. The van der Waals surface area contributed by atoms with Crippen LogP contribution >= 0.6 is 11.3 Å². The summed E-state index contributed by atoms with van der Waals surface area (Å²) >= 11 is 0.698. The molecular weight excluding hydrogens is 568 g/mol. The van der Waals surface area contributed by atoms with Crippen LogP contribution in [-0.2, 0) is 24.3 Å². The van der Waals surface area contributed by atoms with E-state index < -0.39 is 33.1 Å². The number of halogens is 2. The van der Waals surface area contributed by atoms with Crippen LogP contribution in [0.4, 0.5) is 14.5 Å². The molecule has 3 aliphatic heterocycles. The molecule has 1 amide bonds. The Morgan fingerprint density at radius 3 is 2.67 bits per heavy atom. The third-order valence-corrected chi connectivity index (χ3v) is 10.5. The van der Waals surface area contributed by atoms with Crippen molar-refractivity contribution in [3.63, 3.8) is 0 Å². The van der Waals surface area contributed by atoms with Crippen LogP contribution in [0.25, 0.3) is 16.3 Å². The molecule has 0 aromatic carbocycles. The van der Waals surface area contributed by atoms with Gasteiger partial charge in [0.15, 0.2) is 21.9 Å². The maximum absolute atomic E-state index is 13.4. The lowest BCUT2D eigenvalue weighted by atomic mass is 9.78. The first-order valence-electron chi connectivity index (χ1n) is 13.0. The minimum Gasteiger partial charge on any atom is -0.380 e. The van der Waals surface area contributed by atoms with E-state index in [1.807, 2.05) is 11.8 Å². The lowest BCUT2D eigenvalue weighted by Gasteiger charge is -2.55. The number of rotatable bonds is 7. The molecule has 3 aromatic heterocycles. The molecule has 40 heavy (non-hydrogen) atoms. The van der Waals surface area contributed by atoms with Gasteiger partial charge in [0.1, 0.15) is 4.90 Å². The van der Waals surface area contributed by atoms with Crippen molar-refractivity contribution in [2.24, 2.45) is 5.41 Å². The highest BCUT2D eigenvalue weighted by Crippen LogP contribution is 2.39. The third-order valence-electron chi connectivity index (χ3n) is 7.97. The number of likely N-dealkylation sites (tertiary alicyclic amines) is 1. The van der Waals surface area contributed by atoms with E-state index in [1.54, 1.807) is 17.2 Å². The fourth-order valence-electron chi connectivity index (χ4n) is 5.41. The molecule has 1 N–H and O–H groups in total. The number of carbonyl (C=O) groups is 1. The molecule has 16 heteroatoms. The molecule has 214 valence electrons. The van der Waals surface area contributed by atoms with E-state index >= 15 is 0 Å². The predicted molar refractivity (Wildman–Crippen MR) is 139 cm³/mol. The summed E-state index contributed by atoms with van der Waals surface area (Å²) in [7, 11) is -3.94. The molecule has 3 saturated heterocycles. The van der Waals surface area contributed by atoms with E-state index in [2.05, 4.69) is 19.9 Å². The van der Waals surface area contributed by atoms with Crippen molar-refractivity contribution in [1.29, 1.82) is 0 Å². The van der Waals surface area contributed by atoms with Crippen LogP contribution in [0.1, 0.15) is 31.2 Å². The zero-order valence-electron chi connectivity index (χ0n) is 21.5. The molecule has 7 rings (SSSR count). The van der Waals surface area contributed by atoms with Crippen LogP contribution in [0.2, 0.25) is 0 Å². The molecule has 1 saturated carbocycles. The Morgan fingerprint density at radius 2 is 2.02 bits per heavy atom. The van der Waals surface area contributed by atoms with Gasteiger partial charge in [0.05, 0.1) is 49.2 Å². The van der Waals surface area contributed by atoms with Gasteiger partial charge in [-0.25, -0.2) is 26.9 Å². The van der Waals surface area contributed by atoms with Crippen LogP contribution in [0.5, 0.6) is 0 Å². The van der Waals surface area contributed by atoms with E-state index in [1.165, 1.54) is 10.6 Å². The maximum atomic E-state index is 13.4. The fourth-order valence-corrected chi connectivity index (χ4v) is 7.59. The SMILES string of the molecule is CC1(NS(=O)(=O)c2cc(N3CCO[C@H](C(=O)N4CC5(COC5)C4)C3)c3cnc(-c4nnc(C(F)F)s4)n3c2)CC1. The molecule has 6 heterocycles. The Morgan fingerprint density at radius 1 is 1.25 bits per heavy atom. The van der Waals surface area contributed by atoms with Crippen molar-refractivity contribution < 1.29 is 31.5 Å². The zero-order valence-corrected chi connectivity index (χ0v) is 23.2. The lowest BCUT2D eigenvalue weighted by Crippen LogP contribution is -2.69. The Hall–Kier alpha value is -2.79. The van der Waals surface area contributed by atoms with E-state index in [0.717, 1.165) is 12.8 Å². The maximum Gasteiger partial charge on any atom is 0.291 e. The second-order valence-electron chi connectivity index (χ2n) is 11.3. The number of fused-ring (bicyclic) bond motifs is 1. The van der Waals surface area contributed by atoms with E-state index in [9.17, 15) is 22.0 Å². The van der Waals surface area contributed by atoms with Gasteiger partial charge in [-0.1, -0.05) is 11.3 Å². The number of nitrogens with one attached hydrogen (secondary N) is 1. The molecule has 1 atom stereocenters. The summed E-state index contributed by atoms with van der Waals surface area (Å²) in [5, 5.41) is 7.12. The highest BCUT2D eigenvalue weighted by Gasteiger charge is 2.52. The number of anilines is 1. The van der Waals surface area contributed by atoms with E-state index in [4.69, 9.17) is 9.47 Å². The van der Waals surface area contributed by atoms with Gasteiger partial charge in [0.25, 0.3) is 12.3 Å². The second-order valence-corrected chi connectivity index (χ2v) is 14.0. The summed E-state index contributed by atoms with van der Waals surface area (Å²) in [4.78, 5) is 21.3. The van der Waals surface area contributed by atoms with Crippen molar-refractivity contribution >= 4 is 38.5 Å². The summed E-state index contributed by atoms with van der Waals surface area (Å²) in [5.41, 5.74) is 0.651. The molecule has 4 fully saturated rings. The van der Waals surface area contributed by atoms with Crippen LogP contribution in [0, 0.1) is 5.41 Å². The average molecular weight is 596 g/mol. The minimum atomic E-state index is -3.94.